The Morgan fingerprint density at radius 1 is 0.953 bits per heavy atom. The maximum Gasteiger partial charge on any atom is 0.416 e. The monoisotopic (exact) mass is 604 g/mol. The predicted octanol–water partition coefficient (Wildman–Crippen LogP) is 6.44. The molecule has 1 amide bonds. The first-order valence-corrected chi connectivity index (χ1v) is 14.5. The van der Waals surface area contributed by atoms with Gasteiger partial charge in [0, 0.05) is 59.5 Å². The molecule has 220 valence electrons. The minimum absolute atomic E-state index is 0.0839. The highest BCUT2D eigenvalue weighted by atomic mass is 32.1. The van der Waals surface area contributed by atoms with Crippen molar-refractivity contribution in [3.05, 3.63) is 90.4 Å². The molecule has 6 rings (SSSR count). The highest BCUT2D eigenvalue weighted by Gasteiger charge is 2.31. The Bertz CT molecular complexity index is 1750. The molecule has 8 nitrogen and oxygen atoms in total. The van der Waals surface area contributed by atoms with Crippen LogP contribution in [0.1, 0.15) is 15.9 Å². The van der Waals surface area contributed by atoms with Crippen LogP contribution in [0.2, 0.25) is 0 Å². The molecule has 43 heavy (non-hydrogen) atoms. The second-order valence-electron chi connectivity index (χ2n) is 9.98. The Labute approximate surface area is 249 Å². The number of alkyl halides is 3. The molecular weight excluding hydrogens is 577 g/mol. The van der Waals surface area contributed by atoms with Crippen molar-refractivity contribution < 1.29 is 22.7 Å². The molecule has 1 aliphatic rings. The summed E-state index contributed by atoms with van der Waals surface area (Å²) < 4.78 is 44.8. The Hall–Kier alpha value is -4.39. The van der Waals surface area contributed by atoms with E-state index in [1.54, 1.807) is 24.4 Å². The second kappa shape index (κ2) is 12.5. The number of carbonyl (C=O) groups excluding carboxylic acids is 1. The van der Waals surface area contributed by atoms with Crippen molar-refractivity contribution in [1.29, 1.82) is 0 Å². The van der Waals surface area contributed by atoms with Crippen LogP contribution >= 0.6 is 11.3 Å². The lowest BCUT2D eigenvalue weighted by molar-refractivity contribution is -0.137. The van der Waals surface area contributed by atoms with E-state index in [2.05, 4.69) is 30.5 Å². The van der Waals surface area contributed by atoms with Crippen molar-refractivity contribution >= 4 is 39.0 Å². The lowest BCUT2D eigenvalue weighted by Gasteiger charge is -2.26. The summed E-state index contributed by atoms with van der Waals surface area (Å²) in [5.74, 6) is 0.152. The van der Waals surface area contributed by atoms with Crippen molar-refractivity contribution in [2.24, 2.45) is 0 Å². The maximum absolute atomic E-state index is 13.1. The number of pyridine rings is 1. The standard InChI is InChI=1S/C31H27F3N6O2S/c32-31(33,34)23-5-1-4-22(15-23)29(41)39-24-6-2-3-21(16-24)28-25-18-26(43-30(25)38-19-37-28)20-7-8-35-27(17-20)36-9-10-40-11-13-42-14-12-40/h1-8,15-19H,9-14H2,(H,35,36)(H,39,41). The average molecular weight is 605 g/mol. The van der Waals surface area contributed by atoms with Gasteiger partial charge < -0.3 is 15.4 Å². The quantitative estimate of drug-likeness (QED) is 0.211. The maximum atomic E-state index is 13.1. The van der Waals surface area contributed by atoms with Gasteiger partial charge in [-0.15, -0.1) is 11.3 Å². The van der Waals surface area contributed by atoms with Crippen molar-refractivity contribution in [3.63, 3.8) is 0 Å². The fraction of sp³-hybridized carbons (Fsp3) is 0.226. The van der Waals surface area contributed by atoms with E-state index in [4.69, 9.17) is 4.74 Å². The van der Waals surface area contributed by atoms with E-state index in [9.17, 15) is 18.0 Å². The molecule has 0 bridgehead atoms. The number of carbonyl (C=O) groups is 1. The molecule has 2 N–H and O–H groups in total. The normalized spacial score (nSPS) is 14.1. The Morgan fingerprint density at radius 3 is 2.63 bits per heavy atom. The predicted molar refractivity (Wildman–Crippen MR) is 161 cm³/mol. The third-order valence-electron chi connectivity index (χ3n) is 7.06. The van der Waals surface area contributed by atoms with Crippen LogP contribution in [0.5, 0.6) is 0 Å². The third kappa shape index (κ3) is 6.82. The molecule has 3 aromatic heterocycles. The first-order valence-electron chi connectivity index (χ1n) is 13.7. The zero-order valence-corrected chi connectivity index (χ0v) is 23.7. The molecular formula is C31H27F3N6O2S. The zero-order chi connectivity index (χ0) is 29.8. The smallest absolute Gasteiger partial charge is 0.379 e. The van der Waals surface area contributed by atoms with Gasteiger partial charge in [-0.2, -0.15) is 13.2 Å². The van der Waals surface area contributed by atoms with E-state index in [0.29, 0.717) is 11.4 Å². The fourth-order valence-corrected chi connectivity index (χ4v) is 5.85. The molecule has 5 aromatic rings. The van der Waals surface area contributed by atoms with Gasteiger partial charge in [-0.1, -0.05) is 18.2 Å². The number of anilines is 2. The fourth-order valence-electron chi connectivity index (χ4n) is 4.86. The average Bonchev–Trinajstić information content (AvgIpc) is 3.46. The summed E-state index contributed by atoms with van der Waals surface area (Å²) in [7, 11) is 0. The summed E-state index contributed by atoms with van der Waals surface area (Å²) in [5, 5.41) is 6.96. The molecule has 4 heterocycles. The van der Waals surface area contributed by atoms with Gasteiger partial charge in [-0.05, 0) is 54.1 Å². The SMILES string of the molecule is O=C(Nc1cccc(-c2ncnc3sc(-c4ccnc(NCCN5CCOCC5)c4)cc23)c1)c1cccc(C(F)(F)F)c1. The van der Waals surface area contributed by atoms with E-state index < -0.39 is 17.6 Å². The van der Waals surface area contributed by atoms with E-state index in [1.807, 2.05) is 24.3 Å². The number of rotatable bonds is 8. The first-order chi connectivity index (χ1) is 20.8. The third-order valence-corrected chi connectivity index (χ3v) is 8.15. The van der Waals surface area contributed by atoms with Crippen molar-refractivity contribution in [2.75, 3.05) is 50.0 Å². The summed E-state index contributed by atoms with van der Waals surface area (Å²) in [6.45, 7) is 5.10. The van der Waals surface area contributed by atoms with Crippen LogP contribution in [-0.2, 0) is 10.9 Å². The van der Waals surface area contributed by atoms with E-state index in [0.717, 1.165) is 83.6 Å². The summed E-state index contributed by atoms with van der Waals surface area (Å²) in [6, 6.07) is 17.4. The van der Waals surface area contributed by atoms with Gasteiger partial charge in [0.2, 0.25) is 0 Å². The lowest BCUT2D eigenvalue weighted by Crippen LogP contribution is -2.39. The van der Waals surface area contributed by atoms with E-state index >= 15 is 0 Å². The van der Waals surface area contributed by atoms with E-state index in [-0.39, 0.29) is 5.56 Å². The summed E-state index contributed by atoms with van der Waals surface area (Å²) in [4.78, 5) is 30.4. The van der Waals surface area contributed by atoms with Crippen LogP contribution in [0.4, 0.5) is 24.7 Å². The molecule has 12 heteroatoms. The van der Waals surface area contributed by atoms with Gasteiger partial charge in [-0.3, -0.25) is 9.69 Å². The molecule has 1 saturated heterocycles. The van der Waals surface area contributed by atoms with Crippen LogP contribution in [0.3, 0.4) is 0 Å². The van der Waals surface area contributed by atoms with Crippen molar-refractivity contribution in [2.45, 2.75) is 6.18 Å². The Morgan fingerprint density at radius 2 is 1.79 bits per heavy atom. The second-order valence-corrected chi connectivity index (χ2v) is 11.0. The highest BCUT2D eigenvalue weighted by Crippen LogP contribution is 2.37. The van der Waals surface area contributed by atoms with Gasteiger partial charge >= 0.3 is 6.18 Å². The number of benzene rings is 2. The lowest BCUT2D eigenvalue weighted by atomic mass is 10.1. The minimum Gasteiger partial charge on any atom is -0.379 e. The number of nitrogens with one attached hydrogen (secondary N) is 2. The summed E-state index contributed by atoms with van der Waals surface area (Å²) >= 11 is 1.54. The summed E-state index contributed by atoms with van der Waals surface area (Å²) in [6.07, 6.45) is -1.26. The molecule has 0 unspecified atom stereocenters. The molecule has 2 aromatic carbocycles. The minimum atomic E-state index is -4.54. The molecule has 0 aliphatic carbocycles. The number of hydrogen-bond acceptors (Lipinski definition) is 8. The number of fused-ring (bicyclic) bond motifs is 1. The number of ether oxygens (including phenoxy) is 1. The number of amides is 1. The zero-order valence-electron chi connectivity index (χ0n) is 22.9. The molecule has 0 saturated carbocycles. The van der Waals surface area contributed by atoms with Gasteiger partial charge in [0.05, 0.1) is 24.5 Å². The Balaban J connectivity index is 1.20. The van der Waals surface area contributed by atoms with Crippen LogP contribution < -0.4 is 10.6 Å². The van der Waals surface area contributed by atoms with E-state index in [1.165, 1.54) is 29.8 Å². The van der Waals surface area contributed by atoms with Gasteiger partial charge in [-0.25, -0.2) is 15.0 Å². The van der Waals surface area contributed by atoms with Crippen LogP contribution in [-0.4, -0.2) is 65.2 Å². The molecule has 1 fully saturated rings. The van der Waals surface area contributed by atoms with Gasteiger partial charge in [0.15, 0.2) is 0 Å². The van der Waals surface area contributed by atoms with Crippen LogP contribution in [0.25, 0.3) is 31.9 Å². The summed E-state index contributed by atoms with van der Waals surface area (Å²) in [5.41, 5.74) is 1.89. The van der Waals surface area contributed by atoms with Gasteiger partial charge in [0.25, 0.3) is 5.91 Å². The van der Waals surface area contributed by atoms with Gasteiger partial charge in [0.1, 0.15) is 17.0 Å². The topological polar surface area (TPSA) is 92.3 Å². The number of morpholine rings is 1. The number of halogens is 3. The number of hydrogen-bond donors (Lipinski definition) is 2. The molecule has 0 spiro atoms. The van der Waals surface area contributed by atoms with Crippen LogP contribution in [0, 0.1) is 0 Å². The Kier molecular flexibility index (Phi) is 8.32. The molecule has 0 radical (unpaired) electrons. The first kappa shape index (κ1) is 28.7. The number of nitrogens with zero attached hydrogens (tertiary/aromatic N) is 4. The highest BCUT2D eigenvalue weighted by molar-refractivity contribution is 7.21. The number of aromatic nitrogens is 3. The number of thiophene rings is 1. The van der Waals surface area contributed by atoms with Crippen molar-refractivity contribution in [3.8, 4) is 21.7 Å². The largest absolute Gasteiger partial charge is 0.416 e. The molecule has 1 aliphatic heterocycles. The molecule has 0 atom stereocenters. The van der Waals surface area contributed by atoms with Crippen molar-refractivity contribution in [1.82, 2.24) is 19.9 Å². The van der Waals surface area contributed by atoms with Crippen LogP contribution in [0.15, 0.2) is 79.3 Å².